The van der Waals surface area contributed by atoms with Gasteiger partial charge in [0.1, 0.15) is 0 Å². The number of rotatable bonds is 3. The highest BCUT2D eigenvalue weighted by atomic mass is 79.9. The lowest BCUT2D eigenvalue weighted by Crippen LogP contribution is -2.22. The summed E-state index contributed by atoms with van der Waals surface area (Å²) in [6.45, 7) is 2.98. The van der Waals surface area contributed by atoms with Crippen LogP contribution in [0, 0.1) is 0 Å². The van der Waals surface area contributed by atoms with E-state index in [4.69, 9.17) is 16.3 Å². The molecule has 0 saturated carbocycles. The Morgan fingerprint density at radius 3 is 3.06 bits per heavy atom. The van der Waals surface area contributed by atoms with Crippen LogP contribution < -0.4 is 0 Å². The highest BCUT2D eigenvalue weighted by molar-refractivity contribution is 9.10. The molecule has 88 valence electrons. The second-order valence-electron chi connectivity index (χ2n) is 4.09. The Labute approximate surface area is 110 Å². The van der Waals surface area contributed by atoms with E-state index in [9.17, 15) is 0 Å². The van der Waals surface area contributed by atoms with Crippen molar-refractivity contribution in [3.8, 4) is 0 Å². The van der Waals surface area contributed by atoms with Gasteiger partial charge in [-0.25, -0.2) is 0 Å². The summed E-state index contributed by atoms with van der Waals surface area (Å²) < 4.78 is 6.32. The summed E-state index contributed by atoms with van der Waals surface area (Å²) in [4.78, 5) is 2.38. The number of benzene rings is 1. The fraction of sp³-hybridized carbons (Fsp3) is 0.500. The van der Waals surface area contributed by atoms with Gasteiger partial charge < -0.3 is 4.74 Å². The molecule has 4 heteroatoms. The number of methoxy groups -OCH3 is 1. The molecule has 0 unspecified atom stereocenters. The molecule has 0 N–H and O–H groups in total. The zero-order valence-corrected chi connectivity index (χ0v) is 11.6. The van der Waals surface area contributed by atoms with Crippen LogP contribution in [0.3, 0.4) is 0 Å². The van der Waals surface area contributed by atoms with Gasteiger partial charge in [0.2, 0.25) is 0 Å². The minimum Gasteiger partial charge on any atom is -0.380 e. The van der Waals surface area contributed by atoms with Crippen molar-refractivity contribution >= 4 is 27.5 Å². The first-order chi connectivity index (χ1) is 7.70. The molecule has 1 fully saturated rings. The van der Waals surface area contributed by atoms with Crippen molar-refractivity contribution in [1.29, 1.82) is 0 Å². The third-order valence-corrected chi connectivity index (χ3v) is 4.32. The van der Waals surface area contributed by atoms with Crippen LogP contribution in [0.5, 0.6) is 0 Å². The fourth-order valence-corrected chi connectivity index (χ4v) is 2.64. The van der Waals surface area contributed by atoms with Crippen molar-refractivity contribution in [2.75, 3.05) is 20.2 Å². The molecule has 1 atom stereocenters. The van der Waals surface area contributed by atoms with E-state index in [2.05, 4.69) is 26.9 Å². The van der Waals surface area contributed by atoms with Gasteiger partial charge in [0.25, 0.3) is 0 Å². The van der Waals surface area contributed by atoms with Crippen molar-refractivity contribution in [1.82, 2.24) is 4.90 Å². The van der Waals surface area contributed by atoms with E-state index in [0.717, 1.165) is 35.6 Å². The monoisotopic (exact) mass is 303 g/mol. The lowest BCUT2D eigenvalue weighted by atomic mass is 10.2. The average Bonchev–Trinajstić information content (AvgIpc) is 2.73. The zero-order valence-electron chi connectivity index (χ0n) is 9.25. The van der Waals surface area contributed by atoms with Gasteiger partial charge in [-0.3, -0.25) is 4.90 Å². The molecule has 0 spiro atoms. The summed E-state index contributed by atoms with van der Waals surface area (Å²) >= 11 is 9.68. The van der Waals surface area contributed by atoms with E-state index >= 15 is 0 Å². The van der Waals surface area contributed by atoms with E-state index in [1.165, 1.54) is 5.56 Å². The molecule has 1 aromatic rings. The number of ether oxygens (including phenoxy) is 1. The van der Waals surface area contributed by atoms with E-state index in [1.807, 2.05) is 12.1 Å². The quantitative estimate of drug-likeness (QED) is 0.849. The van der Waals surface area contributed by atoms with Gasteiger partial charge in [0, 0.05) is 31.2 Å². The van der Waals surface area contributed by atoms with Crippen molar-refractivity contribution in [3.63, 3.8) is 0 Å². The third kappa shape index (κ3) is 2.77. The molecular weight excluding hydrogens is 289 g/mol. The molecule has 0 radical (unpaired) electrons. The van der Waals surface area contributed by atoms with Gasteiger partial charge in [-0.2, -0.15) is 0 Å². The molecule has 0 aliphatic carbocycles. The van der Waals surface area contributed by atoms with Crippen LogP contribution >= 0.6 is 27.5 Å². The Morgan fingerprint density at radius 1 is 1.56 bits per heavy atom. The zero-order chi connectivity index (χ0) is 11.5. The van der Waals surface area contributed by atoms with Gasteiger partial charge in [0.05, 0.1) is 11.1 Å². The van der Waals surface area contributed by atoms with Crippen molar-refractivity contribution in [3.05, 3.63) is 33.3 Å². The maximum Gasteiger partial charge on any atom is 0.0710 e. The van der Waals surface area contributed by atoms with E-state index in [1.54, 1.807) is 7.11 Å². The Hall–Kier alpha value is -0.0900. The van der Waals surface area contributed by atoms with Gasteiger partial charge in [0.15, 0.2) is 0 Å². The largest absolute Gasteiger partial charge is 0.380 e. The molecule has 1 aromatic carbocycles. The molecule has 16 heavy (non-hydrogen) atoms. The van der Waals surface area contributed by atoms with Gasteiger partial charge in [-0.15, -0.1) is 0 Å². The fourth-order valence-electron chi connectivity index (χ4n) is 2.04. The summed E-state index contributed by atoms with van der Waals surface area (Å²) in [5.74, 6) is 0. The number of hydrogen-bond donors (Lipinski definition) is 0. The molecule has 1 heterocycles. The number of halogens is 2. The molecule has 0 amide bonds. The Morgan fingerprint density at radius 2 is 2.38 bits per heavy atom. The SMILES string of the molecule is CO[C@H]1CCN(Cc2cccc(Br)c2Cl)C1. The van der Waals surface area contributed by atoms with E-state index in [-0.39, 0.29) is 0 Å². The average molecular weight is 305 g/mol. The molecule has 1 aliphatic rings. The van der Waals surface area contributed by atoms with Crippen LogP contribution in [-0.4, -0.2) is 31.2 Å². The predicted octanol–water partition coefficient (Wildman–Crippen LogP) is 3.32. The summed E-state index contributed by atoms with van der Waals surface area (Å²) in [6.07, 6.45) is 1.49. The van der Waals surface area contributed by atoms with Crippen LogP contribution in [0.4, 0.5) is 0 Å². The standard InChI is InChI=1S/C12H15BrClNO/c1-16-10-5-6-15(8-10)7-9-3-2-4-11(13)12(9)14/h2-4,10H,5-8H2,1H3/t10-/m0/s1. The second-order valence-corrected chi connectivity index (χ2v) is 5.33. The molecule has 0 bridgehead atoms. The van der Waals surface area contributed by atoms with Crippen LogP contribution in [0.15, 0.2) is 22.7 Å². The minimum atomic E-state index is 0.380. The first-order valence-corrected chi connectivity index (χ1v) is 6.56. The van der Waals surface area contributed by atoms with Crippen LogP contribution in [0.25, 0.3) is 0 Å². The van der Waals surface area contributed by atoms with Crippen molar-refractivity contribution in [2.24, 2.45) is 0 Å². The lowest BCUT2D eigenvalue weighted by Gasteiger charge is -2.16. The maximum absolute atomic E-state index is 6.24. The highest BCUT2D eigenvalue weighted by Gasteiger charge is 2.22. The Bertz CT molecular complexity index is 372. The molecule has 0 aromatic heterocycles. The van der Waals surface area contributed by atoms with Crippen LogP contribution in [0.2, 0.25) is 5.02 Å². The van der Waals surface area contributed by atoms with Gasteiger partial charge >= 0.3 is 0 Å². The highest BCUT2D eigenvalue weighted by Crippen LogP contribution is 2.27. The Balaban J connectivity index is 2.02. The number of hydrogen-bond acceptors (Lipinski definition) is 2. The minimum absolute atomic E-state index is 0.380. The maximum atomic E-state index is 6.24. The summed E-state index contributed by atoms with van der Waals surface area (Å²) in [5.41, 5.74) is 1.17. The molecule has 1 saturated heterocycles. The predicted molar refractivity (Wildman–Crippen MR) is 69.8 cm³/mol. The van der Waals surface area contributed by atoms with Gasteiger partial charge in [-0.05, 0) is 34.0 Å². The normalized spacial score (nSPS) is 21.6. The van der Waals surface area contributed by atoms with E-state index < -0.39 is 0 Å². The topological polar surface area (TPSA) is 12.5 Å². The first-order valence-electron chi connectivity index (χ1n) is 5.38. The molecular formula is C12H15BrClNO. The molecule has 2 rings (SSSR count). The third-order valence-electron chi connectivity index (χ3n) is 2.99. The van der Waals surface area contributed by atoms with Crippen molar-refractivity contribution in [2.45, 2.75) is 19.1 Å². The number of nitrogens with zero attached hydrogens (tertiary/aromatic N) is 1. The second kappa shape index (κ2) is 5.50. The molecule has 1 aliphatic heterocycles. The summed E-state index contributed by atoms with van der Waals surface area (Å²) in [7, 11) is 1.78. The first kappa shape index (κ1) is 12.4. The van der Waals surface area contributed by atoms with E-state index in [0.29, 0.717) is 6.10 Å². The lowest BCUT2D eigenvalue weighted by molar-refractivity contribution is 0.107. The summed E-state index contributed by atoms with van der Waals surface area (Å²) in [6, 6.07) is 6.07. The summed E-state index contributed by atoms with van der Waals surface area (Å²) in [5, 5.41) is 0.823. The van der Waals surface area contributed by atoms with Crippen LogP contribution in [-0.2, 0) is 11.3 Å². The number of likely N-dealkylation sites (tertiary alicyclic amines) is 1. The van der Waals surface area contributed by atoms with Gasteiger partial charge in [-0.1, -0.05) is 23.7 Å². The molecule has 2 nitrogen and oxygen atoms in total. The smallest absolute Gasteiger partial charge is 0.0710 e. The van der Waals surface area contributed by atoms with Crippen LogP contribution in [0.1, 0.15) is 12.0 Å². The Kier molecular flexibility index (Phi) is 4.25. The van der Waals surface area contributed by atoms with Crippen molar-refractivity contribution < 1.29 is 4.74 Å².